The summed E-state index contributed by atoms with van der Waals surface area (Å²) in [6, 6.07) is 3.73. The van der Waals surface area contributed by atoms with Crippen LogP contribution in [0, 0.1) is 0 Å². The van der Waals surface area contributed by atoms with Crippen LogP contribution < -0.4 is 16.0 Å². The van der Waals surface area contributed by atoms with Gasteiger partial charge in [-0.2, -0.15) is 0 Å². The molecule has 0 spiro atoms. The molecular weight excluding hydrogens is 356 g/mol. The van der Waals surface area contributed by atoms with Gasteiger partial charge in [-0.05, 0) is 38.4 Å². The molecule has 8 nitrogen and oxygen atoms in total. The second kappa shape index (κ2) is 9.84. The molecule has 2 saturated heterocycles. The van der Waals surface area contributed by atoms with Crippen LogP contribution in [0.5, 0.6) is 0 Å². The second-order valence-electron chi connectivity index (χ2n) is 7.68. The van der Waals surface area contributed by atoms with Crippen molar-refractivity contribution in [2.24, 2.45) is 5.73 Å². The Balaban J connectivity index is 1.67. The van der Waals surface area contributed by atoms with Gasteiger partial charge in [0, 0.05) is 70.0 Å². The minimum Gasteiger partial charge on any atom is -0.354 e. The highest BCUT2D eigenvalue weighted by molar-refractivity contribution is 5.95. The molecule has 3 N–H and O–H groups in total. The predicted molar refractivity (Wildman–Crippen MR) is 109 cm³/mol. The smallest absolute Gasteiger partial charge is 0.254 e. The van der Waals surface area contributed by atoms with E-state index in [1.165, 1.54) is 0 Å². The van der Waals surface area contributed by atoms with E-state index in [4.69, 9.17) is 5.73 Å². The number of anilines is 1. The molecule has 28 heavy (non-hydrogen) atoms. The summed E-state index contributed by atoms with van der Waals surface area (Å²) >= 11 is 0. The lowest BCUT2D eigenvalue weighted by molar-refractivity contribution is -0.121. The molecule has 1 aromatic heterocycles. The maximum atomic E-state index is 13.2. The van der Waals surface area contributed by atoms with Crippen molar-refractivity contribution in [2.45, 2.75) is 31.7 Å². The first-order valence-corrected chi connectivity index (χ1v) is 10.3. The zero-order valence-corrected chi connectivity index (χ0v) is 16.8. The number of pyridine rings is 1. The van der Waals surface area contributed by atoms with Crippen LogP contribution in [0.2, 0.25) is 0 Å². The van der Waals surface area contributed by atoms with E-state index < -0.39 is 0 Å². The number of carbonyl (C=O) groups is 2. The summed E-state index contributed by atoms with van der Waals surface area (Å²) in [5.74, 6) is 0.834. The highest BCUT2D eigenvalue weighted by Crippen LogP contribution is 2.21. The Hall–Kier alpha value is -2.19. The third-order valence-electron chi connectivity index (χ3n) is 5.61. The summed E-state index contributed by atoms with van der Waals surface area (Å²) < 4.78 is 0. The van der Waals surface area contributed by atoms with E-state index >= 15 is 0 Å². The molecule has 1 aromatic rings. The van der Waals surface area contributed by atoms with Gasteiger partial charge in [-0.3, -0.25) is 9.59 Å². The van der Waals surface area contributed by atoms with Crippen molar-refractivity contribution >= 4 is 17.6 Å². The highest BCUT2D eigenvalue weighted by atomic mass is 16.2. The van der Waals surface area contributed by atoms with Crippen molar-refractivity contribution < 1.29 is 9.59 Å². The first-order chi connectivity index (χ1) is 13.6. The average Bonchev–Trinajstić information content (AvgIpc) is 2.73. The first-order valence-electron chi connectivity index (χ1n) is 10.3. The van der Waals surface area contributed by atoms with Gasteiger partial charge in [0.25, 0.3) is 5.91 Å². The lowest BCUT2D eigenvalue weighted by Gasteiger charge is -2.36. The van der Waals surface area contributed by atoms with Gasteiger partial charge in [0.2, 0.25) is 5.91 Å². The average molecular weight is 389 g/mol. The summed E-state index contributed by atoms with van der Waals surface area (Å²) in [4.78, 5) is 35.9. The van der Waals surface area contributed by atoms with E-state index in [2.05, 4.69) is 27.1 Å². The van der Waals surface area contributed by atoms with Gasteiger partial charge >= 0.3 is 0 Å². The molecule has 2 aliphatic rings. The summed E-state index contributed by atoms with van der Waals surface area (Å²) in [5.41, 5.74) is 6.11. The van der Waals surface area contributed by atoms with Gasteiger partial charge in [0.05, 0.1) is 0 Å². The minimum atomic E-state index is -0.0539. The SMILES string of the molecule is CN1CCN(c2cc(C(=O)N3CCCCC3CNC(=O)CCN)ccn2)CC1. The largest absolute Gasteiger partial charge is 0.354 e. The van der Waals surface area contributed by atoms with Crippen LogP contribution in [-0.2, 0) is 4.79 Å². The fourth-order valence-electron chi connectivity index (χ4n) is 3.86. The van der Waals surface area contributed by atoms with Crippen LogP contribution >= 0.6 is 0 Å². The summed E-state index contributed by atoms with van der Waals surface area (Å²) in [7, 11) is 2.12. The Kier molecular flexibility index (Phi) is 7.22. The lowest BCUT2D eigenvalue weighted by Crippen LogP contribution is -2.49. The quantitative estimate of drug-likeness (QED) is 0.728. The molecule has 154 valence electrons. The zero-order chi connectivity index (χ0) is 19.9. The Morgan fingerprint density at radius 3 is 2.75 bits per heavy atom. The van der Waals surface area contributed by atoms with Crippen LogP contribution in [0.15, 0.2) is 18.3 Å². The standard InChI is InChI=1S/C20H32N6O2/c1-24-10-12-25(13-11-24)18-14-16(6-8-22-18)20(28)26-9-3-2-4-17(26)15-23-19(27)5-7-21/h6,8,14,17H,2-5,7,9-13,15,21H2,1H3,(H,23,27). The third-order valence-corrected chi connectivity index (χ3v) is 5.61. The Labute approximate surface area is 167 Å². The summed E-state index contributed by atoms with van der Waals surface area (Å²) in [5, 5.41) is 2.92. The number of likely N-dealkylation sites (N-methyl/N-ethyl adjacent to an activating group) is 1. The molecule has 8 heteroatoms. The van der Waals surface area contributed by atoms with Gasteiger partial charge < -0.3 is 25.8 Å². The molecule has 0 aromatic carbocycles. The number of piperazine rings is 1. The van der Waals surface area contributed by atoms with E-state index in [1.807, 2.05) is 11.0 Å². The maximum Gasteiger partial charge on any atom is 0.254 e. The number of aromatic nitrogens is 1. The number of nitrogens with one attached hydrogen (secondary N) is 1. The summed E-state index contributed by atoms with van der Waals surface area (Å²) in [6.45, 7) is 5.38. The van der Waals surface area contributed by atoms with Crippen LogP contribution in [-0.4, -0.2) is 85.5 Å². The highest BCUT2D eigenvalue weighted by Gasteiger charge is 2.28. The van der Waals surface area contributed by atoms with Crippen LogP contribution in [0.1, 0.15) is 36.0 Å². The molecule has 1 atom stereocenters. The number of rotatable bonds is 6. The van der Waals surface area contributed by atoms with E-state index in [0.29, 0.717) is 25.1 Å². The van der Waals surface area contributed by atoms with Crippen molar-refractivity contribution in [3.05, 3.63) is 23.9 Å². The Morgan fingerprint density at radius 2 is 2.00 bits per heavy atom. The van der Waals surface area contributed by atoms with E-state index in [-0.39, 0.29) is 17.9 Å². The van der Waals surface area contributed by atoms with Crippen molar-refractivity contribution in [3.63, 3.8) is 0 Å². The number of likely N-dealkylation sites (tertiary alicyclic amines) is 1. The topological polar surface area (TPSA) is 94.8 Å². The van der Waals surface area contributed by atoms with Crippen molar-refractivity contribution in [1.29, 1.82) is 0 Å². The number of carbonyl (C=O) groups excluding carboxylic acids is 2. The molecule has 2 fully saturated rings. The number of amides is 2. The van der Waals surface area contributed by atoms with Gasteiger partial charge in [0.1, 0.15) is 5.82 Å². The zero-order valence-electron chi connectivity index (χ0n) is 16.8. The van der Waals surface area contributed by atoms with Gasteiger partial charge in [-0.15, -0.1) is 0 Å². The predicted octanol–water partition coefficient (Wildman–Crippen LogP) is 0.293. The van der Waals surface area contributed by atoms with Crippen molar-refractivity contribution in [3.8, 4) is 0 Å². The van der Waals surface area contributed by atoms with E-state index in [1.54, 1.807) is 12.3 Å². The van der Waals surface area contributed by atoms with Gasteiger partial charge in [-0.1, -0.05) is 0 Å². The molecule has 0 saturated carbocycles. The van der Waals surface area contributed by atoms with Gasteiger partial charge in [-0.25, -0.2) is 4.98 Å². The number of hydrogen-bond acceptors (Lipinski definition) is 6. The first kappa shape index (κ1) is 20.5. The maximum absolute atomic E-state index is 13.2. The molecule has 3 rings (SSSR count). The minimum absolute atomic E-state index is 0.0237. The van der Waals surface area contributed by atoms with E-state index in [0.717, 1.165) is 57.8 Å². The van der Waals surface area contributed by atoms with Crippen molar-refractivity contribution in [1.82, 2.24) is 20.1 Å². The number of piperidine rings is 1. The molecule has 1 unspecified atom stereocenters. The number of nitrogens with two attached hydrogens (primary N) is 1. The molecule has 0 radical (unpaired) electrons. The fraction of sp³-hybridized carbons (Fsp3) is 0.650. The van der Waals surface area contributed by atoms with Crippen LogP contribution in [0.3, 0.4) is 0 Å². The van der Waals surface area contributed by atoms with E-state index in [9.17, 15) is 9.59 Å². The van der Waals surface area contributed by atoms with Crippen molar-refractivity contribution in [2.75, 3.05) is 57.8 Å². The molecule has 3 heterocycles. The molecular formula is C20H32N6O2. The summed E-state index contributed by atoms with van der Waals surface area (Å²) in [6.07, 6.45) is 5.02. The van der Waals surface area contributed by atoms with Crippen LogP contribution in [0.25, 0.3) is 0 Å². The Bertz CT molecular complexity index is 674. The molecule has 2 aliphatic heterocycles. The lowest BCUT2D eigenvalue weighted by atomic mass is 10.0. The third kappa shape index (κ3) is 5.20. The molecule has 0 aliphatic carbocycles. The fourth-order valence-corrected chi connectivity index (χ4v) is 3.86. The van der Waals surface area contributed by atoms with Gasteiger partial charge in [0.15, 0.2) is 0 Å². The number of hydrogen-bond donors (Lipinski definition) is 2. The second-order valence-corrected chi connectivity index (χ2v) is 7.68. The monoisotopic (exact) mass is 388 g/mol. The number of nitrogens with zero attached hydrogens (tertiary/aromatic N) is 4. The molecule has 0 bridgehead atoms. The Morgan fingerprint density at radius 1 is 1.21 bits per heavy atom. The van der Waals surface area contributed by atoms with Crippen LogP contribution in [0.4, 0.5) is 5.82 Å². The molecule has 2 amide bonds. The normalized spacial score (nSPS) is 20.9.